The van der Waals surface area contributed by atoms with E-state index in [1.807, 2.05) is 24.3 Å². The fraction of sp³-hybridized carbons (Fsp3) is 0.286. The molecule has 36 heavy (non-hydrogen) atoms. The van der Waals surface area contributed by atoms with Gasteiger partial charge in [0.15, 0.2) is 0 Å². The average molecular weight is 524 g/mol. The lowest BCUT2D eigenvalue weighted by molar-refractivity contribution is 0.183. The van der Waals surface area contributed by atoms with Crippen molar-refractivity contribution in [1.29, 1.82) is 0 Å². The Morgan fingerprint density at radius 3 is 2.33 bits per heavy atom. The number of benzene rings is 3. The molecule has 1 saturated heterocycles. The van der Waals surface area contributed by atoms with Gasteiger partial charge in [-0.25, -0.2) is 0 Å². The van der Waals surface area contributed by atoms with E-state index in [4.69, 9.17) is 4.74 Å². The number of nitrogens with zero attached hydrogens (tertiary/aromatic N) is 1. The molecule has 0 unspecified atom stereocenters. The molecule has 2 heterocycles. The molecule has 1 aliphatic rings. The van der Waals surface area contributed by atoms with E-state index in [0.717, 1.165) is 57.0 Å². The normalized spacial score (nSPS) is 14.8. The Labute approximate surface area is 215 Å². The van der Waals surface area contributed by atoms with Gasteiger partial charge >= 0.3 is 7.60 Å². The van der Waals surface area contributed by atoms with Crippen LogP contribution in [0.4, 0.5) is 0 Å². The maximum Gasteiger partial charge on any atom is 0.356 e. The third-order valence-corrected chi connectivity index (χ3v) is 8.87. The zero-order chi connectivity index (χ0) is 25.1. The van der Waals surface area contributed by atoms with Crippen LogP contribution in [0.2, 0.25) is 0 Å². The van der Waals surface area contributed by atoms with Crippen molar-refractivity contribution < 1.29 is 24.2 Å². The number of ether oxygens (including phenoxy) is 1. The van der Waals surface area contributed by atoms with Gasteiger partial charge in [-0.05, 0) is 103 Å². The van der Waals surface area contributed by atoms with Crippen LogP contribution < -0.4 is 10.0 Å². The van der Waals surface area contributed by atoms with Gasteiger partial charge in [0.2, 0.25) is 0 Å². The molecule has 1 fully saturated rings. The van der Waals surface area contributed by atoms with Crippen LogP contribution in [-0.4, -0.2) is 46.0 Å². The minimum absolute atomic E-state index is 0.0195. The maximum absolute atomic E-state index is 11.8. The number of hydrogen-bond donors (Lipinski definition) is 3. The van der Waals surface area contributed by atoms with Crippen molar-refractivity contribution in [2.75, 3.05) is 26.2 Å². The number of piperidine rings is 1. The summed E-state index contributed by atoms with van der Waals surface area (Å²) in [6, 6.07) is 20.1. The largest absolute Gasteiger partial charge is 0.508 e. The second-order valence-electron chi connectivity index (χ2n) is 9.25. The molecule has 3 N–H and O–H groups in total. The molecule has 0 atom stereocenters. The van der Waals surface area contributed by atoms with Crippen LogP contribution in [0.15, 0.2) is 66.7 Å². The monoisotopic (exact) mass is 523 g/mol. The standard InChI is InChI=1S/C28H30NO5PS/c30-22-8-6-21(7-9-22)28-26(25-13-12-24(35(31,32)33)19-27(25)36-28)18-20-4-10-23(11-5-20)34-17-16-29-14-2-1-3-15-29/h4-13,19,30H,1-3,14-18H2,(H2,31,32,33). The number of aromatic hydroxyl groups is 1. The third kappa shape index (κ3) is 5.83. The molecule has 1 aromatic heterocycles. The molecule has 3 aromatic carbocycles. The van der Waals surface area contributed by atoms with Crippen LogP contribution in [0.1, 0.15) is 30.4 Å². The van der Waals surface area contributed by atoms with Gasteiger partial charge in [0.1, 0.15) is 18.1 Å². The van der Waals surface area contributed by atoms with Crippen molar-refractivity contribution in [3.8, 4) is 21.9 Å². The number of likely N-dealkylation sites (tertiary alicyclic amines) is 1. The zero-order valence-electron chi connectivity index (χ0n) is 20.0. The van der Waals surface area contributed by atoms with Crippen molar-refractivity contribution in [1.82, 2.24) is 4.90 Å². The van der Waals surface area contributed by atoms with Gasteiger partial charge in [0.05, 0.1) is 5.30 Å². The Morgan fingerprint density at radius 2 is 1.64 bits per heavy atom. The minimum Gasteiger partial charge on any atom is -0.508 e. The third-order valence-electron chi connectivity index (χ3n) is 6.67. The molecule has 5 rings (SSSR count). The number of phenolic OH excluding ortho intramolecular Hbond substituents is 1. The molecule has 6 nitrogen and oxygen atoms in total. The highest BCUT2D eigenvalue weighted by Crippen LogP contribution is 2.42. The highest BCUT2D eigenvalue weighted by molar-refractivity contribution is 7.60. The van der Waals surface area contributed by atoms with Gasteiger partial charge in [-0.1, -0.05) is 24.6 Å². The van der Waals surface area contributed by atoms with E-state index < -0.39 is 7.60 Å². The molecular formula is C28H30NO5PS. The Hall–Kier alpha value is -2.67. The van der Waals surface area contributed by atoms with E-state index in [1.54, 1.807) is 24.3 Å². The SMILES string of the molecule is O=P(O)(O)c1ccc2c(Cc3ccc(OCCN4CCCCC4)cc3)c(-c3ccc(O)cc3)sc2c1. The Bertz CT molecular complexity index is 1370. The number of phenols is 1. The molecule has 0 saturated carbocycles. The van der Waals surface area contributed by atoms with Crippen LogP contribution in [0.3, 0.4) is 0 Å². The summed E-state index contributed by atoms with van der Waals surface area (Å²) in [7, 11) is -4.34. The Morgan fingerprint density at radius 1 is 0.917 bits per heavy atom. The molecular weight excluding hydrogens is 493 g/mol. The van der Waals surface area contributed by atoms with Crippen molar-refractivity contribution >= 4 is 34.3 Å². The van der Waals surface area contributed by atoms with E-state index in [2.05, 4.69) is 17.0 Å². The summed E-state index contributed by atoms with van der Waals surface area (Å²) in [6.45, 7) is 3.96. The lowest BCUT2D eigenvalue weighted by Gasteiger charge is -2.26. The van der Waals surface area contributed by atoms with Crippen LogP contribution in [0, 0.1) is 0 Å². The van der Waals surface area contributed by atoms with Gasteiger partial charge in [-0.3, -0.25) is 9.46 Å². The zero-order valence-corrected chi connectivity index (χ0v) is 21.7. The summed E-state index contributed by atoms with van der Waals surface area (Å²) >= 11 is 1.51. The molecule has 4 aromatic rings. The summed E-state index contributed by atoms with van der Waals surface area (Å²) in [5.74, 6) is 1.05. The van der Waals surface area contributed by atoms with Crippen LogP contribution in [0.5, 0.6) is 11.5 Å². The van der Waals surface area contributed by atoms with Gasteiger partial charge < -0.3 is 19.6 Å². The maximum atomic E-state index is 11.8. The fourth-order valence-corrected chi connectivity index (χ4v) is 6.64. The smallest absolute Gasteiger partial charge is 0.356 e. The van der Waals surface area contributed by atoms with Crippen molar-refractivity contribution in [3.05, 3.63) is 77.9 Å². The van der Waals surface area contributed by atoms with E-state index in [9.17, 15) is 19.5 Å². The van der Waals surface area contributed by atoms with Crippen molar-refractivity contribution in [3.63, 3.8) is 0 Å². The van der Waals surface area contributed by atoms with Crippen LogP contribution >= 0.6 is 18.9 Å². The summed E-state index contributed by atoms with van der Waals surface area (Å²) in [6.07, 6.45) is 4.55. The topological polar surface area (TPSA) is 90.2 Å². The van der Waals surface area contributed by atoms with Crippen molar-refractivity contribution in [2.45, 2.75) is 25.7 Å². The first-order chi connectivity index (χ1) is 17.4. The second kappa shape index (κ2) is 10.8. The lowest BCUT2D eigenvalue weighted by Crippen LogP contribution is -2.33. The Balaban J connectivity index is 1.38. The van der Waals surface area contributed by atoms with Gasteiger partial charge in [-0.2, -0.15) is 0 Å². The predicted molar refractivity (Wildman–Crippen MR) is 146 cm³/mol. The summed E-state index contributed by atoms with van der Waals surface area (Å²) < 4.78 is 18.6. The molecule has 188 valence electrons. The quantitative estimate of drug-likeness (QED) is 0.263. The van der Waals surface area contributed by atoms with E-state index in [-0.39, 0.29) is 11.1 Å². The first-order valence-electron chi connectivity index (χ1n) is 12.2. The predicted octanol–water partition coefficient (Wildman–Crippen LogP) is 5.53. The molecule has 0 radical (unpaired) electrons. The van der Waals surface area contributed by atoms with Crippen molar-refractivity contribution in [2.24, 2.45) is 0 Å². The second-order valence-corrected chi connectivity index (χ2v) is 11.9. The molecule has 0 amide bonds. The summed E-state index contributed by atoms with van der Waals surface area (Å²) in [4.78, 5) is 22.8. The fourth-order valence-electron chi connectivity index (χ4n) is 4.72. The highest BCUT2D eigenvalue weighted by Gasteiger charge is 2.21. The van der Waals surface area contributed by atoms with E-state index >= 15 is 0 Å². The molecule has 8 heteroatoms. The molecule has 1 aliphatic heterocycles. The molecule has 0 spiro atoms. The number of rotatable bonds is 8. The van der Waals surface area contributed by atoms with Gasteiger partial charge in [0, 0.05) is 16.1 Å². The van der Waals surface area contributed by atoms with Gasteiger partial charge in [0.25, 0.3) is 0 Å². The van der Waals surface area contributed by atoms with Crippen LogP contribution in [0.25, 0.3) is 20.5 Å². The van der Waals surface area contributed by atoms with Gasteiger partial charge in [-0.15, -0.1) is 11.3 Å². The first-order valence-corrected chi connectivity index (χ1v) is 14.6. The Kier molecular flexibility index (Phi) is 7.47. The average Bonchev–Trinajstić information content (AvgIpc) is 3.23. The first kappa shape index (κ1) is 25.0. The molecule has 0 bridgehead atoms. The van der Waals surface area contributed by atoms with Crippen LogP contribution in [-0.2, 0) is 11.0 Å². The summed E-state index contributed by atoms with van der Waals surface area (Å²) in [5.41, 5.74) is 3.17. The van der Waals surface area contributed by atoms with E-state index in [0.29, 0.717) is 13.0 Å². The number of thiophene rings is 1. The number of fused-ring (bicyclic) bond motifs is 1. The lowest BCUT2D eigenvalue weighted by atomic mass is 9.99. The minimum atomic E-state index is -4.34. The highest BCUT2D eigenvalue weighted by atomic mass is 32.1. The number of hydrogen-bond acceptors (Lipinski definition) is 5. The summed E-state index contributed by atoms with van der Waals surface area (Å²) in [5, 5.41) is 10.7. The molecule has 0 aliphatic carbocycles. The van der Waals surface area contributed by atoms with E-state index in [1.165, 1.54) is 36.7 Å².